The molecule has 0 aliphatic rings. The number of likely N-dealkylation sites (N-methyl/N-ethyl adjacent to an activating group) is 1. The van der Waals surface area contributed by atoms with E-state index >= 15 is 0 Å². The molecule has 104 valence electrons. The average Bonchev–Trinajstić information content (AvgIpc) is 2.47. The first-order chi connectivity index (χ1) is 9.12. The lowest BCUT2D eigenvalue weighted by molar-refractivity contribution is -0.139. The van der Waals surface area contributed by atoms with Gasteiger partial charge in [0.25, 0.3) is 0 Å². The topological polar surface area (TPSA) is 76.7 Å². The molecule has 0 aromatic heterocycles. The normalized spacial score (nSPS) is 11.5. The summed E-state index contributed by atoms with van der Waals surface area (Å²) in [5.74, 6) is -0.662. The lowest BCUT2D eigenvalue weighted by atomic mass is 10.1. The van der Waals surface area contributed by atoms with Gasteiger partial charge in [-0.25, -0.2) is 0 Å². The third kappa shape index (κ3) is 4.26. The van der Waals surface area contributed by atoms with Crippen molar-refractivity contribution in [2.75, 3.05) is 27.8 Å². The molecule has 1 unspecified atom stereocenters. The standard InChI is InChI=1S/C13H18N2O4/c1-14-12(16)13(17)15-8-11(19-3)9-5-4-6-10(7-9)18-2/h4-7,11H,8H2,1-3H3,(H,14,16)(H,15,17). The van der Waals surface area contributed by atoms with Crippen molar-refractivity contribution in [1.82, 2.24) is 10.6 Å². The molecule has 19 heavy (non-hydrogen) atoms. The molecule has 6 nitrogen and oxygen atoms in total. The molecule has 2 amide bonds. The second kappa shape index (κ2) is 7.38. The van der Waals surface area contributed by atoms with E-state index in [4.69, 9.17) is 9.47 Å². The van der Waals surface area contributed by atoms with E-state index in [0.717, 1.165) is 5.56 Å². The van der Waals surface area contributed by atoms with Gasteiger partial charge in [0.05, 0.1) is 13.2 Å². The molecular formula is C13H18N2O4. The first-order valence-electron chi connectivity index (χ1n) is 5.79. The van der Waals surface area contributed by atoms with Gasteiger partial charge in [-0.05, 0) is 17.7 Å². The molecule has 0 radical (unpaired) electrons. The lowest BCUT2D eigenvalue weighted by Gasteiger charge is -2.16. The third-order valence-corrected chi connectivity index (χ3v) is 2.63. The Morgan fingerprint density at radius 3 is 2.58 bits per heavy atom. The first-order valence-corrected chi connectivity index (χ1v) is 5.79. The van der Waals surface area contributed by atoms with E-state index in [1.807, 2.05) is 24.3 Å². The summed E-state index contributed by atoms with van der Waals surface area (Å²) in [5, 5.41) is 4.76. The highest BCUT2D eigenvalue weighted by Crippen LogP contribution is 2.20. The van der Waals surface area contributed by atoms with Gasteiger partial charge in [0.1, 0.15) is 5.75 Å². The van der Waals surface area contributed by atoms with Crippen LogP contribution in [-0.4, -0.2) is 39.6 Å². The van der Waals surface area contributed by atoms with Crippen molar-refractivity contribution in [2.45, 2.75) is 6.10 Å². The highest BCUT2D eigenvalue weighted by Gasteiger charge is 2.16. The van der Waals surface area contributed by atoms with Crippen molar-refractivity contribution >= 4 is 11.8 Å². The molecule has 0 spiro atoms. The smallest absolute Gasteiger partial charge is 0.309 e. The number of amides is 2. The zero-order valence-corrected chi connectivity index (χ0v) is 11.2. The van der Waals surface area contributed by atoms with Gasteiger partial charge < -0.3 is 20.1 Å². The monoisotopic (exact) mass is 266 g/mol. The van der Waals surface area contributed by atoms with Crippen molar-refractivity contribution in [3.63, 3.8) is 0 Å². The molecule has 0 aliphatic carbocycles. The fourth-order valence-electron chi connectivity index (χ4n) is 1.56. The molecule has 0 saturated carbocycles. The molecule has 0 aliphatic heterocycles. The number of hydrogen-bond donors (Lipinski definition) is 2. The van der Waals surface area contributed by atoms with Crippen LogP contribution >= 0.6 is 0 Å². The van der Waals surface area contributed by atoms with Crippen molar-refractivity contribution in [3.8, 4) is 5.75 Å². The SMILES string of the molecule is CNC(=O)C(=O)NCC(OC)c1cccc(OC)c1. The van der Waals surface area contributed by atoms with Crippen molar-refractivity contribution < 1.29 is 19.1 Å². The number of ether oxygens (including phenoxy) is 2. The van der Waals surface area contributed by atoms with Gasteiger partial charge >= 0.3 is 11.8 Å². The minimum Gasteiger partial charge on any atom is -0.497 e. The maximum atomic E-state index is 11.3. The van der Waals surface area contributed by atoms with E-state index < -0.39 is 11.8 Å². The predicted octanol–water partition coefficient (Wildman–Crippen LogP) is 0.245. The van der Waals surface area contributed by atoms with E-state index in [2.05, 4.69) is 10.6 Å². The summed E-state index contributed by atoms with van der Waals surface area (Å²) in [6.45, 7) is 0.204. The van der Waals surface area contributed by atoms with E-state index in [9.17, 15) is 9.59 Å². The van der Waals surface area contributed by atoms with Crippen LogP contribution in [0.4, 0.5) is 0 Å². The quantitative estimate of drug-likeness (QED) is 0.749. The van der Waals surface area contributed by atoms with Crippen LogP contribution in [0, 0.1) is 0 Å². The highest BCUT2D eigenvalue weighted by atomic mass is 16.5. The van der Waals surface area contributed by atoms with Gasteiger partial charge in [-0.15, -0.1) is 0 Å². The van der Waals surface area contributed by atoms with Gasteiger partial charge in [0.15, 0.2) is 0 Å². The summed E-state index contributed by atoms with van der Waals surface area (Å²) < 4.78 is 10.4. The van der Waals surface area contributed by atoms with Crippen molar-refractivity contribution in [2.24, 2.45) is 0 Å². The molecule has 2 N–H and O–H groups in total. The van der Waals surface area contributed by atoms with Crippen molar-refractivity contribution in [3.05, 3.63) is 29.8 Å². The van der Waals surface area contributed by atoms with Crippen LogP contribution in [0.3, 0.4) is 0 Å². The van der Waals surface area contributed by atoms with E-state index in [1.54, 1.807) is 7.11 Å². The molecular weight excluding hydrogens is 248 g/mol. The number of rotatable bonds is 5. The average molecular weight is 266 g/mol. The van der Waals surface area contributed by atoms with Crippen LogP contribution in [0.1, 0.15) is 11.7 Å². The number of carbonyl (C=O) groups excluding carboxylic acids is 2. The van der Waals surface area contributed by atoms with E-state index in [0.29, 0.717) is 5.75 Å². The molecule has 1 aromatic carbocycles. The van der Waals surface area contributed by atoms with Crippen LogP contribution in [0.5, 0.6) is 5.75 Å². The first kappa shape index (κ1) is 15.0. The Morgan fingerprint density at radius 1 is 1.26 bits per heavy atom. The summed E-state index contributed by atoms with van der Waals surface area (Å²) in [4.78, 5) is 22.4. The van der Waals surface area contributed by atoms with E-state index in [-0.39, 0.29) is 12.6 Å². The van der Waals surface area contributed by atoms with Gasteiger partial charge in [-0.2, -0.15) is 0 Å². The van der Waals surface area contributed by atoms with Crippen LogP contribution in [0.25, 0.3) is 0 Å². The van der Waals surface area contributed by atoms with Crippen LogP contribution in [0.15, 0.2) is 24.3 Å². The Balaban J connectivity index is 2.67. The summed E-state index contributed by atoms with van der Waals surface area (Å²) in [7, 11) is 4.52. The van der Waals surface area contributed by atoms with Gasteiger partial charge in [0, 0.05) is 20.7 Å². The fraction of sp³-hybridized carbons (Fsp3) is 0.385. The Kier molecular flexibility index (Phi) is 5.81. The largest absolute Gasteiger partial charge is 0.497 e. The Bertz CT molecular complexity index is 448. The zero-order chi connectivity index (χ0) is 14.3. The number of carbonyl (C=O) groups is 2. The highest BCUT2D eigenvalue weighted by molar-refractivity contribution is 6.35. The minimum absolute atomic E-state index is 0.204. The second-order valence-electron chi connectivity index (χ2n) is 3.79. The summed E-state index contributed by atoms with van der Waals surface area (Å²) in [5.41, 5.74) is 0.860. The lowest BCUT2D eigenvalue weighted by Crippen LogP contribution is -2.40. The molecule has 1 aromatic rings. The molecule has 0 bridgehead atoms. The maximum Gasteiger partial charge on any atom is 0.309 e. The maximum absolute atomic E-state index is 11.3. The Hall–Kier alpha value is -2.08. The summed E-state index contributed by atoms with van der Waals surface area (Å²) >= 11 is 0. The van der Waals surface area contributed by atoms with Crippen molar-refractivity contribution in [1.29, 1.82) is 0 Å². The molecule has 0 saturated heterocycles. The fourth-order valence-corrected chi connectivity index (χ4v) is 1.56. The molecule has 1 rings (SSSR count). The number of methoxy groups -OCH3 is 2. The number of nitrogens with one attached hydrogen (secondary N) is 2. The second-order valence-corrected chi connectivity index (χ2v) is 3.79. The number of hydrogen-bond acceptors (Lipinski definition) is 4. The summed E-state index contributed by atoms with van der Waals surface area (Å²) in [6, 6.07) is 7.34. The molecule has 1 atom stereocenters. The molecule has 0 heterocycles. The van der Waals surface area contributed by atoms with E-state index in [1.165, 1.54) is 14.2 Å². The third-order valence-electron chi connectivity index (χ3n) is 2.63. The minimum atomic E-state index is -0.688. The zero-order valence-electron chi connectivity index (χ0n) is 11.2. The Labute approximate surface area is 112 Å². The van der Waals surface area contributed by atoms with Gasteiger partial charge in [-0.3, -0.25) is 9.59 Å². The van der Waals surface area contributed by atoms with Crippen LogP contribution in [0.2, 0.25) is 0 Å². The predicted molar refractivity (Wildman–Crippen MR) is 69.8 cm³/mol. The number of benzene rings is 1. The van der Waals surface area contributed by atoms with Gasteiger partial charge in [0.2, 0.25) is 0 Å². The summed E-state index contributed by atoms with van der Waals surface area (Å²) in [6.07, 6.45) is -0.344. The van der Waals surface area contributed by atoms with Gasteiger partial charge in [-0.1, -0.05) is 12.1 Å². The van der Waals surface area contributed by atoms with Crippen LogP contribution in [-0.2, 0) is 14.3 Å². The Morgan fingerprint density at radius 2 is 2.00 bits per heavy atom. The molecule has 6 heteroatoms. The molecule has 0 fully saturated rings. The van der Waals surface area contributed by atoms with Crippen LogP contribution < -0.4 is 15.4 Å².